The first-order valence-electron chi connectivity index (χ1n) is 14.5. The van der Waals surface area contributed by atoms with Crippen LogP contribution in [0.1, 0.15) is 30.7 Å². The number of halogens is 5. The van der Waals surface area contributed by atoms with Gasteiger partial charge in [0.05, 0.1) is 0 Å². The lowest BCUT2D eigenvalue weighted by Gasteiger charge is -2.08. The molecule has 18 heteroatoms. The Morgan fingerprint density at radius 3 is 1.78 bits per heavy atom. The van der Waals surface area contributed by atoms with Crippen molar-refractivity contribution in [2.45, 2.75) is 13.2 Å². The SMILES string of the molecule is Cn1cccc1-c1cnc2sc(COc3ccc(F)c(C(N)=O)c3F)nc2c1.NC(=O)c1c(F)ccc(OCc2nc3cc(Br)cnc3s2)c1F. The number of pyridine rings is 2. The van der Waals surface area contributed by atoms with Crippen molar-refractivity contribution in [1.29, 1.82) is 0 Å². The van der Waals surface area contributed by atoms with Crippen LogP contribution >= 0.6 is 38.6 Å². The third kappa shape index (κ3) is 7.67. The Morgan fingerprint density at radius 1 is 0.784 bits per heavy atom. The van der Waals surface area contributed by atoms with E-state index in [4.69, 9.17) is 20.9 Å². The quantitative estimate of drug-likeness (QED) is 0.147. The minimum atomic E-state index is -1.20. The Balaban J connectivity index is 0.000000179. The molecule has 4 N–H and O–H groups in total. The molecule has 5 heterocycles. The number of rotatable bonds is 9. The summed E-state index contributed by atoms with van der Waals surface area (Å²) in [5, 5.41) is 1.13. The summed E-state index contributed by atoms with van der Waals surface area (Å²) < 4.78 is 68.7. The first-order chi connectivity index (χ1) is 24.4. The van der Waals surface area contributed by atoms with Crippen molar-refractivity contribution in [3.8, 4) is 22.8 Å². The molecule has 5 aromatic heterocycles. The number of hydrogen-bond acceptors (Lipinski definition) is 10. The van der Waals surface area contributed by atoms with E-state index in [0.29, 0.717) is 30.7 Å². The Labute approximate surface area is 301 Å². The Morgan fingerprint density at radius 2 is 1.29 bits per heavy atom. The zero-order chi connectivity index (χ0) is 36.4. The number of carbonyl (C=O) groups is 2. The average molecular weight is 801 g/mol. The molecule has 51 heavy (non-hydrogen) atoms. The van der Waals surface area contributed by atoms with Gasteiger partial charge in [0.15, 0.2) is 23.1 Å². The normalized spacial score (nSPS) is 11.0. The summed E-state index contributed by atoms with van der Waals surface area (Å²) in [5.41, 5.74) is 11.6. The van der Waals surface area contributed by atoms with Gasteiger partial charge in [0.1, 0.15) is 66.7 Å². The summed E-state index contributed by atoms with van der Waals surface area (Å²) >= 11 is 5.89. The minimum Gasteiger partial charge on any atom is -0.483 e. The van der Waals surface area contributed by atoms with Crippen molar-refractivity contribution < 1.29 is 36.6 Å². The van der Waals surface area contributed by atoms with E-state index in [-0.39, 0.29) is 24.7 Å². The number of aromatic nitrogens is 5. The highest BCUT2D eigenvalue weighted by atomic mass is 79.9. The van der Waals surface area contributed by atoms with Crippen LogP contribution in [-0.4, -0.2) is 36.3 Å². The Kier molecular flexibility index (Phi) is 10.3. The molecule has 0 fully saturated rings. The smallest absolute Gasteiger partial charge is 0.254 e. The summed E-state index contributed by atoms with van der Waals surface area (Å²) in [4.78, 5) is 41.1. The fourth-order valence-corrected chi connectivity index (χ4v) is 6.67. The first kappa shape index (κ1) is 35.4. The highest BCUT2D eigenvalue weighted by molar-refractivity contribution is 9.10. The largest absolute Gasteiger partial charge is 0.483 e. The van der Waals surface area contributed by atoms with E-state index in [9.17, 15) is 27.2 Å². The monoisotopic (exact) mass is 799 g/mol. The van der Waals surface area contributed by atoms with E-state index < -0.39 is 46.2 Å². The molecule has 0 atom stereocenters. The average Bonchev–Trinajstić information content (AvgIpc) is 3.81. The van der Waals surface area contributed by atoms with Crippen LogP contribution in [0.5, 0.6) is 11.5 Å². The van der Waals surface area contributed by atoms with Gasteiger partial charge in [-0.2, -0.15) is 0 Å². The third-order valence-electron chi connectivity index (χ3n) is 7.10. The maximum Gasteiger partial charge on any atom is 0.254 e. The molecule has 0 radical (unpaired) electrons. The van der Waals surface area contributed by atoms with Crippen LogP contribution in [0.3, 0.4) is 0 Å². The molecule has 7 rings (SSSR count). The molecular formula is C33H22BrF4N7O4S2. The summed E-state index contributed by atoms with van der Waals surface area (Å²) in [6.45, 7) is -0.0966. The number of carbonyl (C=O) groups excluding carboxylic acids is 2. The van der Waals surface area contributed by atoms with Crippen molar-refractivity contribution in [2.24, 2.45) is 18.5 Å². The fourth-order valence-electron chi connectivity index (χ4n) is 4.76. The summed E-state index contributed by atoms with van der Waals surface area (Å²) in [7, 11) is 1.94. The van der Waals surface area contributed by atoms with Gasteiger partial charge in [0.2, 0.25) is 0 Å². The molecule has 0 unspecified atom stereocenters. The number of hydrogen-bond donors (Lipinski definition) is 2. The number of fused-ring (bicyclic) bond motifs is 2. The lowest BCUT2D eigenvalue weighted by molar-refractivity contribution is 0.0982. The molecule has 2 amide bonds. The molecule has 260 valence electrons. The highest BCUT2D eigenvalue weighted by Crippen LogP contribution is 2.29. The molecule has 0 aliphatic carbocycles. The van der Waals surface area contributed by atoms with Crippen molar-refractivity contribution in [3.05, 3.63) is 116 Å². The second-order valence-corrected chi connectivity index (χ2v) is 13.6. The number of nitrogens with zero attached hydrogens (tertiary/aromatic N) is 5. The van der Waals surface area contributed by atoms with Gasteiger partial charge in [-0.05, 0) is 64.5 Å². The maximum atomic E-state index is 14.2. The first-order valence-corrected chi connectivity index (χ1v) is 16.9. The van der Waals surface area contributed by atoms with Crippen molar-refractivity contribution >= 4 is 71.1 Å². The highest BCUT2D eigenvalue weighted by Gasteiger charge is 2.21. The van der Waals surface area contributed by atoms with Gasteiger partial charge in [-0.15, -0.1) is 0 Å². The number of nitrogens with two attached hydrogens (primary N) is 2. The molecule has 0 saturated heterocycles. The van der Waals surface area contributed by atoms with E-state index in [1.807, 2.05) is 36.0 Å². The molecule has 0 spiro atoms. The van der Waals surface area contributed by atoms with Gasteiger partial charge >= 0.3 is 0 Å². The molecule has 11 nitrogen and oxygen atoms in total. The van der Waals surface area contributed by atoms with Gasteiger partial charge in [-0.25, -0.2) is 37.5 Å². The van der Waals surface area contributed by atoms with Gasteiger partial charge in [-0.1, -0.05) is 22.7 Å². The lowest BCUT2D eigenvalue weighted by atomic mass is 10.2. The molecule has 0 saturated carbocycles. The topological polar surface area (TPSA) is 161 Å². The summed E-state index contributed by atoms with van der Waals surface area (Å²) in [6.07, 6.45) is 5.35. The molecule has 7 aromatic rings. The number of aryl methyl sites for hydroxylation is 1. The predicted octanol–water partition coefficient (Wildman–Crippen LogP) is 7.06. The van der Waals surface area contributed by atoms with Crippen molar-refractivity contribution in [1.82, 2.24) is 24.5 Å². The number of primary amides is 2. The maximum absolute atomic E-state index is 14.2. The van der Waals surface area contributed by atoms with E-state index in [0.717, 1.165) is 40.0 Å². The fraction of sp³-hybridized carbons (Fsp3) is 0.0909. The van der Waals surface area contributed by atoms with Crippen LogP contribution in [0.25, 0.3) is 32.0 Å². The molecular weight excluding hydrogens is 778 g/mol. The number of amides is 2. The van der Waals surface area contributed by atoms with Crippen molar-refractivity contribution in [2.75, 3.05) is 0 Å². The van der Waals surface area contributed by atoms with Gasteiger partial charge in [0, 0.05) is 41.4 Å². The summed E-state index contributed by atoms with van der Waals surface area (Å²) in [6, 6.07) is 11.7. The van der Waals surface area contributed by atoms with Crippen molar-refractivity contribution in [3.63, 3.8) is 0 Å². The van der Waals surface area contributed by atoms with Crippen LogP contribution < -0.4 is 20.9 Å². The summed E-state index contributed by atoms with van der Waals surface area (Å²) in [5.74, 6) is -7.25. The number of ether oxygens (including phenoxy) is 2. The van der Waals surface area contributed by atoms with Crippen LogP contribution in [0.15, 0.2) is 71.6 Å². The zero-order valence-corrected chi connectivity index (χ0v) is 29.2. The zero-order valence-electron chi connectivity index (χ0n) is 26.0. The van der Waals surface area contributed by atoms with Crippen LogP contribution in [-0.2, 0) is 20.3 Å². The van der Waals surface area contributed by atoms with Crippen LogP contribution in [0, 0.1) is 23.3 Å². The van der Waals surface area contributed by atoms with E-state index >= 15 is 0 Å². The predicted molar refractivity (Wildman–Crippen MR) is 185 cm³/mol. The third-order valence-corrected chi connectivity index (χ3v) is 9.44. The van der Waals surface area contributed by atoms with Gasteiger partial charge < -0.3 is 25.5 Å². The number of thiazole rings is 2. The Hall–Kier alpha value is -5.46. The van der Waals surface area contributed by atoms with E-state index in [2.05, 4.69) is 35.9 Å². The van der Waals surface area contributed by atoms with Gasteiger partial charge in [-0.3, -0.25) is 9.59 Å². The molecule has 2 aromatic carbocycles. The van der Waals surface area contributed by atoms with E-state index in [1.54, 1.807) is 18.5 Å². The van der Waals surface area contributed by atoms with E-state index in [1.165, 1.54) is 22.7 Å². The second-order valence-electron chi connectivity index (χ2n) is 10.5. The van der Waals surface area contributed by atoms with Crippen LogP contribution in [0.4, 0.5) is 17.6 Å². The second kappa shape index (κ2) is 14.8. The Bertz CT molecular complexity index is 2450. The van der Waals surface area contributed by atoms with Gasteiger partial charge in [0.25, 0.3) is 11.8 Å². The standard InChI is InChI=1S/C19H14F2N4O2S.C14H8BrF2N3O2S/c1-25-6-2-3-13(25)10-7-12-19(23-8-10)28-15(24-12)9-27-14-5-4-11(20)16(17(14)21)18(22)26;15-6-3-8-14(19-4-6)23-10(20-8)5-22-9-2-1-7(16)11(12(9)17)13(18)21/h2-8H,9H2,1H3,(H2,22,26);1-4H,5H2,(H2,18,21). The van der Waals surface area contributed by atoms with Crippen LogP contribution in [0.2, 0.25) is 0 Å². The minimum absolute atomic E-state index is 0.0423. The molecule has 0 aliphatic rings. The molecule has 0 bridgehead atoms. The molecule has 0 aliphatic heterocycles. The lowest BCUT2D eigenvalue weighted by Crippen LogP contribution is -2.16. The number of benzene rings is 2.